The fraction of sp³-hybridized carbons (Fsp3) is 0.267. The van der Waals surface area contributed by atoms with E-state index >= 15 is 0 Å². The smallest absolute Gasteiger partial charge is 0.326 e. The highest BCUT2D eigenvalue weighted by molar-refractivity contribution is 7.11. The van der Waals surface area contributed by atoms with Gasteiger partial charge >= 0.3 is 10.8 Å². The molecule has 0 fully saturated rings. The zero-order chi connectivity index (χ0) is 16.1. The quantitative estimate of drug-likeness (QED) is 0.676. The maximum absolute atomic E-state index is 11.8. The lowest BCUT2D eigenvalue weighted by atomic mass is 10.2. The van der Waals surface area contributed by atoms with Gasteiger partial charge in [0.05, 0.1) is 18.5 Å². The number of ether oxygens (including phenoxy) is 1. The highest BCUT2D eigenvalue weighted by atomic mass is 32.1. The molecule has 0 spiro atoms. The SMILES string of the molecule is CCOC(=O)Cn1c(O)c(C=Nc2ccccc2C)sc1=O. The van der Waals surface area contributed by atoms with Crippen molar-refractivity contribution in [2.45, 2.75) is 20.4 Å². The van der Waals surface area contributed by atoms with Crippen LogP contribution in [-0.4, -0.2) is 28.5 Å². The first kappa shape index (κ1) is 16.0. The molecule has 1 aromatic heterocycles. The van der Waals surface area contributed by atoms with E-state index in [0.29, 0.717) is 4.88 Å². The van der Waals surface area contributed by atoms with E-state index in [4.69, 9.17) is 4.74 Å². The molecule has 0 atom stereocenters. The minimum Gasteiger partial charge on any atom is -0.493 e. The van der Waals surface area contributed by atoms with Crippen LogP contribution in [-0.2, 0) is 16.1 Å². The van der Waals surface area contributed by atoms with Crippen LogP contribution in [0.2, 0.25) is 0 Å². The first-order valence-electron chi connectivity index (χ1n) is 6.70. The Morgan fingerprint density at radius 2 is 2.18 bits per heavy atom. The van der Waals surface area contributed by atoms with Crippen molar-refractivity contribution < 1.29 is 14.6 Å². The van der Waals surface area contributed by atoms with Crippen LogP contribution in [0.25, 0.3) is 0 Å². The highest BCUT2D eigenvalue weighted by Gasteiger charge is 2.15. The van der Waals surface area contributed by atoms with Gasteiger partial charge in [-0.05, 0) is 25.5 Å². The minimum atomic E-state index is -0.569. The normalized spacial score (nSPS) is 11.0. The molecule has 1 N–H and O–H groups in total. The number of carbonyl (C=O) groups excluding carboxylic acids is 1. The number of aromatic nitrogens is 1. The molecule has 0 aliphatic carbocycles. The number of benzene rings is 1. The zero-order valence-electron chi connectivity index (χ0n) is 12.3. The second kappa shape index (κ2) is 7.04. The number of aromatic hydroxyl groups is 1. The van der Waals surface area contributed by atoms with E-state index in [1.807, 2.05) is 31.2 Å². The van der Waals surface area contributed by atoms with E-state index in [9.17, 15) is 14.7 Å². The predicted octanol–water partition coefficient (Wildman–Crippen LogP) is 2.24. The summed E-state index contributed by atoms with van der Waals surface area (Å²) in [5, 5.41) is 10.0. The fourth-order valence-electron chi connectivity index (χ4n) is 1.81. The minimum absolute atomic E-state index is 0.222. The van der Waals surface area contributed by atoms with Crippen molar-refractivity contribution in [3.8, 4) is 5.88 Å². The summed E-state index contributed by atoms with van der Waals surface area (Å²) in [6.07, 6.45) is 1.42. The van der Waals surface area contributed by atoms with Crippen LogP contribution in [0.4, 0.5) is 5.69 Å². The highest BCUT2D eigenvalue weighted by Crippen LogP contribution is 2.21. The number of carbonyl (C=O) groups is 1. The van der Waals surface area contributed by atoms with E-state index in [2.05, 4.69) is 4.99 Å². The first-order chi connectivity index (χ1) is 10.5. The van der Waals surface area contributed by atoms with Gasteiger partial charge in [0, 0.05) is 0 Å². The van der Waals surface area contributed by atoms with Crippen LogP contribution < -0.4 is 4.87 Å². The van der Waals surface area contributed by atoms with Crippen molar-refractivity contribution in [3.63, 3.8) is 0 Å². The third-order valence-corrected chi connectivity index (χ3v) is 3.83. The number of aryl methyl sites for hydroxylation is 1. The van der Waals surface area contributed by atoms with Gasteiger partial charge < -0.3 is 9.84 Å². The summed E-state index contributed by atoms with van der Waals surface area (Å²) in [4.78, 5) is 27.4. The molecule has 0 aliphatic rings. The van der Waals surface area contributed by atoms with Gasteiger partial charge in [-0.3, -0.25) is 19.1 Å². The lowest BCUT2D eigenvalue weighted by Crippen LogP contribution is -2.20. The molecule has 116 valence electrons. The van der Waals surface area contributed by atoms with Crippen molar-refractivity contribution in [3.05, 3.63) is 44.4 Å². The number of rotatable bonds is 5. The lowest BCUT2D eigenvalue weighted by molar-refractivity contribution is -0.143. The van der Waals surface area contributed by atoms with Crippen LogP contribution in [0.15, 0.2) is 34.1 Å². The standard InChI is InChI=1S/C15H16N2O4S/c1-3-21-13(18)9-17-14(19)12(22-15(17)20)8-16-11-7-5-4-6-10(11)2/h4-8,19H,3,9H2,1-2H3. The van der Waals surface area contributed by atoms with E-state index < -0.39 is 10.8 Å². The van der Waals surface area contributed by atoms with Gasteiger partial charge in [-0.25, -0.2) is 0 Å². The molecule has 0 amide bonds. The maximum atomic E-state index is 11.8. The Labute approximate surface area is 131 Å². The summed E-state index contributed by atoms with van der Waals surface area (Å²) in [5.74, 6) is -0.847. The average Bonchev–Trinajstić information content (AvgIpc) is 2.74. The monoisotopic (exact) mass is 320 g/mol. The van der Waals surface area contributed by atoms with Gasteiger partial charge in [-0.2, -0.15) is 0 Å². The average molecular weight is 320 g/mol. The van der Waals surface area contributed by atoms with Crippen LogP contribution >= 0.6 is 11.3 Å². The zero-order valence-corrected chi connectivity index (χ0v) is 13.1. The van der Waals surface area contributed by atoms with Crippen LogP contribution in [0, 0.1) is 6.92 Å². The van der Waals surface area contributed by atoms with Gasteiger partial charge in [0.25, 0.3) is 0 Å². The predicted molar refractivity (Wildman–Crippen MR) is 85.3 cm³/mol. The van der Waals surface area contributed by atoms with Crippen molar-refractivity contribution in [2.75, 3.05) is 6.61 Å². The molecule has 1 aromatic carbocycles. The van der Waals surface area contributed by atoms with E-state index in [1.54, 1.807) is 6.92 Å². The Morgan fingerprint density at radius 3 is 2.86 bits per heavy atom. The largest absolute Gasteiger partial charge is 0.493 e. The molecule has 1 heterocycles. The molecule has 0 saturated heterocycles. The van der Waals surface area contributed by atoms with E-state index in [0.717, 1.165) is 27.2 Å². The maximum Gasteiger partial charge on any atom is 0.326 e. The topological polar surface area (TPSA) is 80.9 Å². The number of thiazole rings is 1. The van der Waals surface area contributed by atoms with Crippen molar-refractivity contribution in [1.82, 2.24) is 4.57 Å². The molecule has 7 heteroatoms. The summed E-state index contributed by atoms with van der Waals surface area (Å²) >= 11 is 0.826. The molecule has 6 nitrogen and oxygen atoms in total. The van der Waals surface area contributed by atoms with Crippen molar-refractivity contribution >= 4 is 29.2 Å². The van der Waals surface area contributed by atoms with Gasteiger partial charge in [0.15, 0.2) is 0 Å². The second-order valence-electron chi connectivity index (χ2n) is 4.49. The van der Waals surface area contributed by atoms with Crippen molar-refractivity contribution in [2.24, 2.45) is 4.99 Å². The van der Waals surface area contributed by atoms with Crippen molar-refractivity contribution in [1.29, 1.82) is 0 Å². The molecule has 0 unspecified atom stereocenters. The van der Waals surface area contributed by atoms with Gasteiger partial charge in [0.2, 0.25) is 5.88 Å². The Bertz CT molecular complexity index is 761. The fourth-order valence-corrected chi connectivity index (χ4v) is 2.57. The summed E-state index contributed by atoms with van der Waals surface area (Å²) in [5.41, 5.74) is 1.73. The molecule has 2 aromatic rings. The van der Waals surface area contributed by atoms with E-state index in [1.165, 1.54) is 6.21 Å². The number of nitrogens with zero attached hydrogens (tertiary/aromatic N) is 2. The Hall–Kier alpha value is -2.41. The summed E-state index contributed by atoms with van der Waals surface area (Å²) < 4.78 is 5.75. The molecule has 0 aliphatic heterocycles. The molecular formula is C15H16N2O4S. The molecule has 0 saturated carbocycles. The van der Waals surface area contributed by atoms with Crippen LogP contribution in [0.5, 0.6) is 5.88 Å². The number of hydrogen-bond acceptors (Lipinski definition) is 6. The Balaban J connectivity index is 2.25. The summed E-state index contributed by atoms with van der Waals surface area (Å²) in [6, 6.07) is 7.51. The van der Waals surface area contributed by atoms with Crippen LogP contribution in [0.1, 0.15) is 17.4 Å². The van der Waals surface area contributed by atoms with Gasteiger partial charge in [-0.1, -0.05) is 29.5 Å². The molecule has 22 heavy (non-hydrogen) atoms. The Morgan fingerprint density at radius 1 is 1.45 bits per heavy atom. The number of aliphatic imine (C=N–C) groups is 1. The molecular weight excluding hydrogens is 304 g/mol. The lowest BCUT2D eigenvalue weighted by Gasteiger charge is -2.03. The third kappa shape index (κ3) is 3.62. The van der Waals surface area contributed by atoms with Crippen LogP contribution in [0.3, 0.4) is 0 Å². The second-order valence-corrected chi connectivity index (χ2v) is 5.48. The molecule has 2 rings (SSSR count). The summed E-state index contributed by atoms with van der Waals surface area (Å²) in [6.45, 7) is 3.50. The number of para-hydroxylation sites is 1. The molecule has 0 radical (unpaired) electrons. The summed E-state index contributed by atoms with van der Waals surface area (Å²) in [7, 11) is 0. The third-order valence-electron chi connectivity index (χ3n) is 2.92. The first-order valence-corrected chi connectivity index (χ1v) is 7.52. The van der Waals surface area contributed by atoms with Gasteiger partial charge in [0.1, 0.15) is 11.4 Å². The Kier molecular flexibility index (Phi) is 5.11. The van der Waals surface area contributed by atoms with E-state index in [-0.39, 0.29) is 19.0 Å². The number of hydrogen-bond donors (Lipinski definition) is 1. The van der Waals surface area contributed by atoms with Gasteiger partial charge in [-0.15, -0.1) is 0 Å². The molecule has 0 bridgehead atoms. The number of esters is 1.